The molecule has 1 aliphatic carbocycles. The average molecular weight is 666 g/mol. The van der Waals surface area contributed by atoms with Gasteiger partial charge in [0.15, 0.2) is 5.79 Å². The summed E-state index contributed by atoms with van der Waals surface area (Å²) in [5.41, 5.74) is -0.877. The van der Waals surface area contributed by atoms with Crippen LogP contribution in [0.15, 0.2) is 0 Å². The van der Waals surface area contributed by atoms with Gasteiger partial charge in [-0.1, -0.05) is 111 Å². The highest BCUT2D eigenvalue weighted by atomic mass is 16.7. The molecule has 0 bridgehead atoms. The highest BCUT2D eigenvalue weighted by molar-refractivity contribution is 5.83. The molecule has 47 heavy (non-hydrogen) atoms. The zero-order chi connectivity index (χ0) is 35.1. The maximum absolute atomic E-state index is 14.2. The van der Waals surface area contributed by atoms with Crippen LogP contribution in [0.25, 0.3) is 0 Å². The Morgan fingerprint density at radius 2 is 1.47 bits per heavy atom. The van der Waals surface area contributed by atoms with E-state index in [1.165, 1.54) is 38.5 Å². The number of unbranched alkanes of at least 4 members (excludes halogenated alkanes) is 9. The molecular formula is C38H71N3O6. The van der Waals surface area contributed by atoms with Gasteiger partial charge in [0.2, 0.25) is 5.91 Å². The van der Waals surface area contributed by atoms with E-state index in [1.54, 1.807) is 13.8 Å². The fourth-order valence-electron chi connectivity index (χ4n) is 7.34. The second-order valence-electron chi connectivity index (χ2n) is 16.1. The smallest absolute Gasteiger partial charge is 0.318 e. The second-order valence-corrected chi connectivity index (χ2v) is 16.1. The van der Waals surface area contributed by atoms with Crippen LogP contribution >= 0.6 is 0 Å². The molecule has 0 aromatic heterocycles. The number of aliphatic carboxylic acids is 1. The van der Waals surface area contributed by atoms with E-state index in [-0.39, 0.29) is 35.9 Å². The number of carbonyl (C=O) groups is 3. The summed E-state index contributed by atoms with van der Waals surface area (Å²) in [5.74, 6) is -2.40. The average Bonchev–Trinajstić information content (AvgIpc) is 3.22. The molecule has 2 aliphatic rings. The lowest BCUT2D eigenvalue weighted by molar-refractivity contribution is -0.304. The fourth-order valence-corrected chi connectivity index (χ4v) is 7.34. The number of carbonyl (C=O) groups excluding carboxylic acids is 2. The molecule has 0 radical (unpaired) electrons. The van der Waals surface area contributed by atoms with Gasteiger partial charge in [-0.15, -0.1) is 0 Å². The lowest BCUT2D eigenvalue weighted by Crippen LogP contribution is -2.60. The Morgan fingerprint density at radius 3 is 2.11 bits per heavy atom. The van der Waals surface area contributed by atoms with Crippen LogP contribution in [0.2, 0.25) is 0 Å². The first kappa shape index (κ1) is 41.3. The van der Waals surface area contributed by atoms with Crippen LogP contribution in [0, 0.1) is 11.3 Å². The molecule has 4 unspecified atom stereocenters. The molecule has 2 rings (SSSR count). The molecule has 1 aliphatic heterocycles. The van der Waals surface area contributed by atoms with E-state index in [0.717, 1.165) is 70.6 Å². The molecule has 1 saturated heterocycles. The van der Waals surface area contributed by atoms with Crippen LogP contribution in [-0.2, 0) is 19.1 Å². The molecule has 3 N–H and O–H groups in total. The number of nitrogens with one attached hydrogen (secondary N) is 2. The first-order valence-corrected chi connectivity index (χ1v) is 19.1. The number of carboxylic acid groups (broad SMARTS) is 1. The van der Waals surface area contributed by atoms with Crippen molar-refractivity contribution in [3.63, 3.8) is 0 Å². The van der Waals surface area contributed by atoms with Gasteiger partial charge in [-0.25, -0.2) is 4.79 Å². The molecule has 9 heteroatoms. The van der Waals surface area contributed by atoms with Gasteiger partial charge in [0, 0.05) is 35.5 Å². The zero-order valence-corrected chi connectivity index (χ0v) is 31.4. The Kier molecular flexibility index (Phi) is 17.5. The van der Waals surface area contributed by atoms with Gasteiger partial charge in [-0.05, 0) is 53.4 Å². The van der Waals surface area contributed by atoms with Crippen LogP contribution in [0.1, 0.15) is 171 Å². The third kappa shape index (κ3) is 14.3. The zero-order valence-electron chi connectivity index (χ0n) is 31.4. The lowest BCUT2D eigenvalue weighted by Gasteiger charge is -2.45. The quantitative estimate of drug-likeness (QED) is 0.0886. The van der Waals surface area contributed by atoms with Crippen LogP contribution in [-0.4, -0.2) is 70.6 Å². The van der Waals surface area contributed by atoms with Crippen molar-refractivity contribution in [3.8, 4) is 0 Å². The third-order valence-corrected chi connectivity index (χ3v) is 10.4. The van der Waals surface area contributed by atoms with Crippen LogP contribution in [0.4, 0.5) is 4.79 Å². The number of hydrogen-bond acceptors (Lipinski definition) is 5. The normalized spacial score (nSPS) is 23.4. The van der Waals surface area contributed by atoms with Gasteiger partial charge in [-0.3, -0.25) is 9.59 Å². The van der Waals surface area contributed by atoms with Gasteiger partial charge < -0.3 is 30.1 Å². The number of amides is 3. The predicted molar refractivity (Wildman–Crippen MR) is 189 cm³/mol. The summed E-state index contributed by atoms with van der Waals surface area (Å²) in [6.07, 6.45) is 17.4. The highest BCUT2D eigenvalue weighted by Crippen LogP contribution is 2.36. The Morgan fingerprint density at radius 1 is 0.872 bits per heavy atom. The number of carboxylic acids is 1. The Bertz CT molecular complexity index is 952. The minimum absolute atomic E-state index is 0.0672. The van der Waals surface area contributed by atoms with Crippen LogP contribution in [0.5, 0.6) is 0 Å². The van der Waals surface area contributed by atoms with Gasteiger partial charge in [-0.2, -0.15) is 0 Å². The van der Waals surface area contributed by atoms with Gasteiger partial charge in [0.25, 0.3) is 0 Å². The Labute approximate surface area is 287 Å². The molecule has 2 fully saturated rings. The molecular weight excluding hydrogens is 594 g/mol. The standard InChI is InChI=1S/C38H71N3O6/c1-9-11-13-14-15-16-17-22-26-41(37(5,6)25-21-12-10-2)35(45)40-30-24-20-18-19-23-29(30)31(27-32(42)43)39-34(44)33-36(3,4)28-46-38(7,8)47-33/h29-31,33H,9-28H2,1-8H3,(H,39,44)(H,40,45)(H,42,43). The fraction of sp³-hybridized carbons (Fsp3) is 0.921. The minimum atomic E-state index is -0.967. The SMILES string of the molecule is CCCCCCCCCCN(C(=O)NC1CCCCCC1C(CC(=O)O)NC(=O)C1OC(C)(C)OCC1(C)C)C(C)(C)CCCCC. The molecule has 1 saturated carbocycles. The van der Waals surface area contributed by atoms with Crippen LogP contribution < -0.4 is 10.6 Å². The number of ether oxygens (including phenoxy) is 2. The molecule has 1 heterocycles. The van der Waals surface area contributed by atoms with Gasteiger partial charge in [0.1, 0.15) is 6.10 Å². The van der Waals surface area contributed by atoms with Crippen molar-refractivity contribution in [2.24, 2.45) is 11.3 Å². The summed E-state index contributed by atoms with van der Waals surface area (Å²) in [6.45, 7) is 17.3. The third-order valence-electron chi connectivity index (χ3n) is 10.4. The van der Waals surface area contributed by atoms with Crippen molar-refractivity contribution in [1.82, 2.24) is 15.5 Å². The summed E-state index contributed by atoms with van der Waals surface area (Å²) in [7, 11) is 0. The summed E-state index contributed by atoms with van der Waals surface area (Å²) in [5, 5.41) is 16.5. The highest BCUT2D eigenvalue weighted by Gasteiger charge is 2.47. The number of hydrogen-bond donors (Lipinski definition) is 3. The molecule has 0 aromatic rings. The summed E-state index contributed by atoms with van der Waals surface area (Å²) in [6, 6.07) is -0.933. The van der Waals surface area contributed by atoms with Gasteiger partial charge >= 0.3 is 12.0 Å². The van der Waals surface area contributed by atoms with E-state index in [9.17, 15) is 19.5 Å². The molecule has 0 aromatic carbocycles. The lowest BCUT2D eigenvalue weighted by atomic mass is 9.83. The first-order chi connectivity index (χ1) is 22.1. The second kappa shape index (κ2) is 20.0. The molecule has 3 amide bonds. The van der Waals surface area contributed by atoms with Crippen LogP contribution in [0.3, 0.4) is 0 Å². The number of rotatable bonds is 20. The van der Waals surface area contributed by atoms with Crippen molar-refractivity contribution < 1.29 is 29.0 Å². The monoisotopic (exact) mass is 666 g/mol. The largest absolute Gasteiger partial charge is 0.481 e. The molecule has 0 spiro atoms. The van der Waals surface area contributed by atoms with E-state index in [1.807, 2.05) is 18.7 Å². The first-order valence-electron chi connectivity index (χ1n) is 19.1. The topological polar surface area (TPSA) is 117 Å². The summed E-state index contributed by atoms with van der Waals surface area (Å²) >= 11 is 0. The number of urea groups is 1. The van der Waals surface area contributed by atoms with E-state index >= 15 is 0 Å². The molecule has 274 valence electrons. The van der Waals surface area contributed by atoms with E-state index in [2.05, 4.69) is 38.3 Å². The van der Waals surface area contributed by atoms with Crippen molar-refractivity contribution in [1.29, 1.82) is 0 Å². The van der Waals surface area contributed by atoms with Crippen molar-refractivity contribution >= 4 is 17.9 Å². The van der Waals surface area contributed by atoms with Crippen molar-refractivity contribution in [2.45, 2.75) is 200 Å². The Balaban J connectivity index is 2.23. The van der Waals surface area contributed by atoms with Crippen molar-refractivity contribution in [2.75, 3.05) is 13.2 Å². The Hall–Kier alpha value is -1.87. The number of nitrogens with zero attached hydrogens (tertiary/aromatic N) is 1. The van der Waals surface area contributed by atoms with E-state index in [4.69, 9.17) is 9.47 Å². The summed E-state index contributed by atoms with van der Waals surface area (Å²) in [4.78, 5) is 42.2. The van der Waals surface area contributed by atoms with Gasteiger partial charge in [0.05, 0.1) is 13.0 Å². The minimum Gasteiger partial charge on any atom is -0.481 e. The maximum atomic E-state index is 14.2. The van der Waals surface area contributed by atoms with E-state index < -0.39 is 29.3 Å². The van der Waals surface area contributed by atoms with E-state index in [0.29, 0.717) is 13.2 Å². The van der Waals surface area contributed by atoms with Crippen molar-refractivity contribution in [3.05, 3.63) is 0 Å². The molecule has 9 nitrogen and oxygen atoms in total. The predicted octanol–water partition coefficient (Wildman–Crippen LogP) is 8.58. The molecule has 4 atom stereocenters. The maximum Gasteiger partial charge on any atom is 0.318 e. The summed E-state index contributed by atoms with van der Waals surface area (Å²) < 4.78 is 11.9.